The van der Waals surface area contributed by atoms with Crippen molar-refractivity contribution in [2.75, 3.05) is 0 Å². The Labute approximate surface area is 130 Å². The number of imidazole rings is 1. The molecular formula is C15H11ClN6. The van der Waals surface area contributed by atoms with Crippen LogP contribution in [0, 0.1) is 0 Å². The maximum Gasteiger partial charge on any atom is 0.155 e. The molecule has 4 heterocycles. The van der Waals surface area contributed by atoms with Gasteiger partial charge in [0.2, 0.25) is 0 Å². The number of nitrogens with one attached hydrogen (secondary N) is 1. The normalized spacial score (nSPS) is 15.0. The summed E-state index contributed by atoms with van der Waals surface area (Å²) in [7, 11) is 0. The van der Waals surface area contributed by atoms with Crippen LogP contribution in [0.2, 0.25) is 5.15 Å². The van der Waals surface area contributed by atoms with Gasteiger partial charge in [0, 0.05) is 29.3 Å². The minimum Gasteiger partial charge on any atom is -0.345 e. The zero-order valence-corrected chi connectivity index (χ0v) is 12.2. The zero-order valence-electron chi connectivity index (χ0n) is 11.5. The summed E-state index contributed by atoms with van der Waals surface area (Å²) < 4.78 is 1.62. The van der Waals surface area contributed by atoms with Gasteiger partial charge in [-0.25, -0.2) is 19.5 Å². The summed E-state index contributed by atoms with van der Waals surface area (Å²) in [4.78, 5) is 16.5. The first-order chi connectivity index (χ1) is 10.8. The van der Waals surface area contributed by atoms with Crippen molar-refractivity contribution in [2.45, 2.75) is 18.8 Å². The number of aromatic nitrogens is 6. The molecule has 0 aliphatic heterocycles. The lowest BCUT2D eigenvalue weighted by Crippen LogP contribution is -1.95. The lowest BCUT2D eigenvalue weighted by Gasteiger charge is -2.01. The number of hydrogen-bond acceptors (Lipinski definition) is 4. The summed E-state index contributed by atoms with van der Waals surface area (Å²) in [5.74, 6) is 1.47. The van der Waals surface area contributed by atoms with Crippen LogP contribution in [0.4, 0.5) is 0 Å². The second-order valence-electron chi connectivity index (χ2n) is 5.54. The highest BCUT2D eigenvalue weighted by Gasteiger charge is 2.27. The number of rotatable bonds is 2. The first kappa shape index (κ1) is 12.1. The number of H-pyrrole nitrogens is 1. The van der Waals surface area contributed by atoms with Crippen LogP contribution in [0.5, 0.6) is 0 Å². The fourth-order valence-corrected chi connectivity index (χ4v) is 2.83. The van der Waals surface area contributed by atoms with Crippen LogP contribution in [-0.4, -0.2) is 29.5 Å². The fourth-order valence-electron chi connectivity index (χ4n) is 2.66. The van der Waals surface area contributed by atoms with Crippen molar-refractivity contribution in [1.82, 2.24) is 29.5 Å². The van der Waals surface area contributed by atoms with Gasteiger partial charge in [0.05, 0.1) is 11.9 Å². The Kier molecular flexibility index (Phi) is 2.35. The average molecular weight is 311 g/mol. The molecule has 0 aromatic carbocycles. The third kappa shape index (κ3) is 1.74. The summed E-state index contributed by atoms with van der Waals surface area (Å²) in [5, 5.41) is 6.00. The molecule has 1 N–H and O–H groups in total. The van der Waals surface area contributed by atoms with Crippen LogP contribution in [0.1, 0.15) is 24.6 Å². The van der Waals surface area contributed by atoms with Gasteiger partial charge in [0.15, 0.2) is 10.8 Å². The van der Waals surface area contributed by atoms with E-state index in [1.54, 1.807) is 10.7 Å². The molecule has 0 spiro atoms. The third-order valence-corrected chi connectivity index (χ3v) is 4.25. The van der Waals surface area contributed by atoms with Gasteiger partial charge in [-0.15, -0.1) is 0 Å². The van der Waals surface area contributed by atoms with E-state index in [2.05, 4.69) is 25.0 Å². The van der Waals surface area contributed by atoms with Crippen LogP contribution in [0.3, 0.4) is 0 Å². The Bertz CT molecular complexity index is 1010. The van der Waals surface area contributed by atoms with Crippen LogP contribution in [0.15, 0.2) is 30.7 Å². The molecule has 6 nitrogen and oxygen atoms in total. The number of hydrogen-bond donors (Lipinski definition) is 1. The smallest absolute Gasteiger partial charge is 0.155 e. The van der Waals surface area contributed by atoms with Crippen LogP contribution >= 0.6 is 11.6 Å². The molecule has 1 aliphatic rings. The number of aromatic amines is 1. The molecule has 0 bridgehead atoms. The quantitative estimate of drug-likeness (QED) is 0.617. The highest BCUT2D eigenvalue weighted by atomic mass is 35.5. The van der Waals surface area contributed by atoms with Crippen molar-refractivity contribution in [3.8, 4) is 11.3 Å². The monoisotopic (exact) mass is 310 g/mol. The van der Waals surface area contributed by atoms with Crippen LogP contribution in [-0.2, 0) is 0 Å². The molecule has 7 heteroatoms. The molecule has 0 amide bonds. The summed E-state index contributed by atoms with van der Waals surface area (Å²) in [6.07, 6.45) is 7.76. The highest BCUT2D eigenvalue weighted by Crippen LogP contribution is 2.38. The van der Waals surface area contributed by atoms with E-state index in [9.17, 15) is 0 Å². The molecule has 5 rings (SSSR count). The minimum atomic E-state index is 0.490. The maximum absolute atomic E-state index is 6.09. The van der Waals surface area contributed by atoms with Crippen LogP contribution in [0.25, 0.3) is 27.9 Å². The number of nitrogens with zero attached hydrogens (tertiary/aromatic N) is 5. The third-order valence-electron chi connectivity index (χ3n) is 3.99. The first-order valence-corrected chi connectivity index (χ1v) is 7.52. The van der Waals surface area contributed by atoms with Crippen molar-refractivity contribution in [2.24, 2.45) is 0 Å². The van der Waals surface area contributed by atoms with Crippen molar-refractivity contribution < 1.29 is 0 Å². The van der Waals surface area contributed by atoms with Gasteiger partial charge in [-0.1, -0.05) is 11.6 Å². The summed E-state index contributed by atoms with van der Waals surface area (Å²) in [6, 6.07) is 3.82. The highest BCUT2D eigenvalue weighted by molar-refractivity contribution is 6.29. The predicted octanol–water partition coefficient (Wildman–Crippen LogP) is 3.20. The summed E-state index contributed by atoms with van der Waals surface area (Å²) in [5.41, 5.74) is 3.34. The van der Waals surface area contributed by atoms with E-state index in [-0.39, 0.29) is 0 Å². The number of halogens is 1. The summed E-state index contributed by atoms with van der Waals surface area (Å²) in [6.45, 7) is 0. The van der Waals surface area contributed by atoms with E-state index in [0.717, 1.165) is 33.8 Å². The molecule has 22 heavy (non-hydrogen) atoms. The van der Waals surface area contributed by atoms with Gasteiger partial charge in [0.1, 0.15) is 11.5 Å². The SMILES string of the molecule is Clc1cnc2ccc(-c3c[nH]c4nc(C5CC5)ncc34)nn12. The maximum atomic E-state index is 6.09. The largest absolute Gasteiger partial charge is 0.345 e. The lowest BCUT2D eigenvalue weighted by atomic mass is 10.2. The van der Waals surface area contributed by atoms with Gasteiger partial charge < -0.3 is 4.98 Å². The van der Waals surface area contributed by atoms with E-state index in [1.807, 2.05) is 24.5 Å². The van der Waals surface area contributed by atoms with Crippen molar-refractivity contribution in [3.05, 3.63) is 41.7 Å². The van der Waals surface area contributed by atoms with E-state index >= 15 is 0 Å². The Morgan fingerprint density at radius 3 is 2.95 bits per heavy atom. The first-order valence-electron chi connectivity index (χ1n) is 7.14. The lowest BCUT2D eigenvalue weighted by molar-refractivity contribution is 0.941. The van der Waals surface area contributed by atoms with Gasteiger partial charge in [-0.05, 0) is 25.0 Å². The zero-order chi connectivity index (χ0) is 14.7. The fraction of sp³-hybridized carbons (Fsp3) is 0.200. The predicted molar refractivity (Wildman–Crippen MR) is 82.9 cm³/mol. The van der Waals surface area contributed by atoms with Gasteiger partial charge in [0.25, 0.3) is 0 Å². The average Bonchev–Trinajstić information content (AvgIpc) is 3.22. The Morgan fingerprint density at radius 2 is 2.09 bits per heavy atom. The van der Waals surface area contributed by atoms with Gasteiger partial charge in [-0.3, -0.25) is 0 Å². The van der Waals surface area contributed by atoms with Crippen molar-refractivity contribution >= 4 is 28.3 Å². The number of fused-ring (bicyclic) bond motifs is 2. The van der Waals surface area contributed by atoms with E-state index in [1.165, 1.54) is 12.8 Å². The second-order valence-corrected chi connectivity index (χ2v) is 5.92. The van der Waals surface area contributed by atoms with Gasteiger partial charge >= 0.3 is 0 Å². The molecule has 1 aliphatic carbocycles. The summed E-state index contributed by atoms with van der Waals surface area (Å²) >= 11 is 6.09. The van der Waals surface area contributed by atoms with E-state index in [4.69, 9.17) is 11.6 Å². The molecule has 4 aromatic rings. The van der Waals surface area contributed by atoms with E-state index < -0.39 is 0 Å². The van der Waals surface area contributed by atoms with Crippen molar-refractivity contribution in [3.63, 3.8) is 0 Å². The Morgan fingerprint density at radius 1 is 1.18 bits per heavy atom. The Balaban J connectivity index is 1.69. The molecule has 1 fully saturated rings. The molecular weight excluding hydrogens is 300 g/mol. The standard InChI is InChI=1S/C15H11ClN6/c16-12-7-17-13-4-3-11(21-22(12)13)9-5-19-15-10(9)6-18-14(20-15)8-1-2-8/h3-8H,1-2H2,(H,18,19,20). The molecule has 1 saturated carbocycles. The molecule has 0 atom stereocenters. The topological polar surface area (TPSA) is 71.8 Å². The minimum absolute atomic E-state index is 0.490. The van der Waals surface area contributed by atoms with Crippen LogP contribution < -0.4 is 0 Å². The Hall–Kier alpha value is -2.47. The molecule has 0 radical (unpaired) electrons. The van der Waals surface area contributed by atoms with E-state index in [0.29, 0.717) is 11.1 Å². The molecule has 108 valence electrons. The second kappa shape index (κ2) is 4.27. The van der Waals surface area contributed by atoms with Crippen molar-refractivity contribution in [1.29, 1.82) is 0 Å². The molecule has 4 aromatic heterocycles. The molecule has 0 unspecified atom stereocenters. The van der Waals surface area contributed by atoms with Gasteiger partial charge in [-0.2, -0.15) is 5.10 Å². The molecule has 0 saturated heterocycles.